The summed E-state index contributed by atoms with van der Waals surface area (Å²) in [5, 5.41) is 9.11. The number of carbonyl (C=O) groups excluding carboxylic acids is 1. The first-order chi connectivity index (χ1) is 16.0. The van der Waals surface area contributed by atoms with Crippen LogP contribution in [0.5, 0.6) is 0 Å². The maximum absolute atomic E-state index is 13.5. The van der Waals surface area contributed by atoms with Crippen LogP contribution in [0.4, 0.5) is 0 Å². The molecule has 0 saturated carbocycles. The molecule has 0 aliphatic carbocycles. The lowest BCUT2D eigenvalue weighted by Gasteiger charge is -2.15. The molecule has 5 rings (SSSR count). The molecular formula is C25H21N5O2S. The van der Waals surface area contributed by atoms with Gasteiger partial charge in [0, 0.05) is 0 Å². The zero-order valence-electron chi connectivity index (χ0n) is 18.1. The molecule has 0 radical (unpaired) electrons. The lowest BCUT2D eigenvalue weighted by molar-refractivity contribution is -0.117. The molecule has 2 aromatic heterocycles. The molecule has 2 N–H and O–H groups in total. The molecular weight excluding hydrogens is 434 g/mol. The monoisotopic (exact) mass is 455 g/mol. The smallest absolute Gasteiger partial charge is 0.267 e. The second-order valence-corrected chi connectivity index (χ2v) is 8.95. The number of aryl methyl sites for hydroxylation is 2. The summed E-state index contributed by atoms with van der Waals surface area (Å²) in [4.78, 5) is 25.9. The van der Waals surface area contributed by atoms with Crippen LogP contribution in [-0.2, 0) is 4.79 Å². The molecule has 1 amide bonds. The minimum Gasteiger partial charge on any atom is -0.368 e. The first-order valence-electron chi connectivity index (χ1n) is 10.4. The van der Waals surface area contributed by atoms with Gasteiger partial charge >= 0.3 is 0 Å². The van der Waals surface area contributed by atoms with Crippen LogP contribution >= 0.6 is 11.8 Å². The van der Waals surface area contributed by atoms with Gasteiger partial charge in [-0.3, -0.25) is 14.0 Å². The van der Waals surface area contributed by atoms with E-state index in [1.54, 1.807) is 10.6 Å². The Kier molecular flexibility index (Phi) is 5.22. The van der Waals surface area contributed by atoms with Gasteiger partial charge in [0.2, 0.25) is 11.7 Å². The Morgan fingerprint density at radius 1 is 0.970 bits per heavy atom. The number of aromatic nitrogens is 4. The number of carbonyl (C=O) groups is 1. The predicted molar refractivity (Wildman–Crippen MR) is 130 cm³/mol. The van der Waals surface area contributed by atoms with Gasteiger partial charge in [0.25, 0.3) is 5.56 Å². The molecule has 0 saturated heterocycles. The highest BCUT2D eigenvalue weighted by Crippen LogP contribution is 2.35. The summed E-state index contributed by atoms with van der Waals surface area (Å²) in [6, 6.07) is 22.6. The molecule has 3 aromatic carbocycles. The van der Waals surface area contributed by atoms with Gasteiger partial charge in [-0.1, -0.05) is 71.9 Å². The second-order valence-electron chi connectivity index (χ2n) is 7.88. The number of benzene rings is 3. The number of thioether (sulfide) groups is 1. The molecule has 2 heterocycles. The molecule has 0 aliphatic heterocycles. The Bertz CT molecular complexity index is 1570. The van der Waals surface area contributed by atoms with E-state index < -0.39 is 11.2 Å². The van der Waals surface area contributed by atoms with Gasteiger partial charge < -0.3 is 5.73 Å². The molecule has 164 valence electrons. The number of hydrogen-bond acceptors (Lipinski definition) is 5. The van der Waals surface area contributed by atoms with E-state index in [1.807, 2.05) is 85.0 Å². The van der Waals surface area contributed by atoms with Gasteiger partial charge in [-0.15, -0.1) is 10.2 Å². The van der Waals surface area contributed by atoms with Crippen molar-refractivity contribution in [1.82, 2.24) is 19.2 Å². The minimum absolute atomic E-state index is 0.177. The van der Waals surface area contributed by atoms with E-state index in [9.17, 15) is 9.59 Å². The number of nitrogens with zero attached hydrogens (tertiary/aromatic N) is 4. The molecule has 0 aliphatic rings. The van der Waals surface area contributed by atoms with Gasteiger partial charge in [0.15, 0.2) is 5.16 Å². The fourth-order valence-corrected chi connectivity index (χ4v) is 5.05. The highest BCUT2D eigenvalue weighted by molar-refractivity contribution is 8.00. The third-order valence-electron chi connectivity index (χ3n) is 5.57. The van der Waals surface area contributed by atoms with Crippen molar-refractivity contribution in [3.8, 4) is 5.69 Å². The van der Waals surface area contributed by atoms with Crippen molar-refractivity contribution in [1.29, 1.82) is 0 Å². The van der Waals surface area contributed by atoms with Gasteiger partial charge in [-0.05, 0) is 43.2 Å². The summed E-state index contributed by atoms with van der Waals surface area (Å²) in [7, 11) is 0. The van der Waals surface area contributed by atoms with Crippen LogP contribution < -0.4 is 11.3 Å². The Labute approximate surface area is 193 Å². The van der Waals surface area contributed by atoms with Crippen molar-refractivity contribution >= 4 is 34.3 Å². The molecule has 5 aromatic rings. The van der Waals surface area contributed by atoms with Crippen LogP contribution in [0.25, 0.3) is 22.4 Å². The fourth-order valence-electron chi connectivity index (χ4n) is 4.05. The molecule has 8 heteroatoms. The first kappa shape index (κ1) is 21.0. The van der Waals surface area contributed by atoms with Crippen molar-refractivity contribution in [2.45, 2.75) is 24.3 Å². The minimum atomic E-state index is -0.654. The lowest BCUT2D eigenvalue weighted by Crippen LogP contribution is -2.23. The van der Waals surface area contributed by atoms with Crippen LogP contribution in [0.3, 0.4) is 0 Å². The standard InChI is InChI=1S/C25H21N5O2S/c1-15-12-13-19(16(2)14-15)29-23(32)18-10-6-7-11-20(18)30-24(29)27-28-25(30)33-21(22(26)31)17-8-4-3-5-9-17/h3-14,21H,1-2H3,(H2,26,31). The SMILES string of the molecule is Cc1ccc(-n2c(=O)c3ccccc3n3c(SC(C(N)=O)c4ccccc4)nnc23)c(C)c1. The molecule has 0 fully saturated rings. The number of fused-ring (bicyclic) bond motifs is 3. The topological polar surface area (TPSA) is 95.3 Å². The van der Waals surface area contributed by atoms with E-state index >= 15 is 0 Å². The second kappa shape index (κ2) is 8.22. The van der Waals surface area contributed by atoms with E-state index in [0.717, 1.165) is 22.4 Å². The van der Waals surface area contributed by atoms with Crippen LogP contribution in [0, 0.1) is 13.8 Å². The Morgan fingerprint density at radius 2 is 1.70 bits per heavy atom. The number of primary amides is 1. The first-order valence-corrected chi connectivity index (χ1v) is 11.3. The van der Waals surface area contributed by atoms with E-state index in [-0.39, 0.29) is 5.56 Å². The Morgan fingerprint density at radius 3 is 2.42 bits per heavy atom. The van der Waals surface area contributed by atoms with Gasteiger partial charge in [-0.2, -0.15) is 0 Å². The summed E-state index contributed by atoms with van der Waals surface area (Å²) in [6.45, 7) is 3.97. The van der Waals surface area contributed by atoms with Crippen molar-refractivity contribution in [2.24, 2.45) is 5.73 Å². The van der Waals surface area contributed by atoms with Crippen molar-refractivity contribution < 1.29 is 4.79 Å². The lowest BCUT2D eigenvalue weighted by atomic mass is 10.1. The quantitative estimate of drug-likeness (QED) is 0.405. The van der Waals surface area contributed by atoms with Crippen molar-refractivity contribution in [3.05, 3.63) is 99.8 Å². The zero-order chi connectivity index (χ0) is 23.1. The number of rotatable bonds is 5. The number of amides is 1. The normalized spacial score (nSPS) is 12.3. The van der Waals surface area contributed by atoms with E-state index in [4.69, 9.17) is 5.73 Å². The fraction of sp³-hybridized carbons (Fsp3) is 0.120. The summed E-state index contributed by atoms with van der Waals surface area (Å²) in [5.41, 5.74) is 9.81. The molecule has 1 atom stereocenters. The molecule has 0 spiro atoms. The molecule has 1 unspecified atom stereocenters. The maximum Gasteiger partial charge on any atom is 0.267 e. The molecule has 0 bridgehead atoms. The largest absolute Gasteiger partial charge is 0.368 e. The van der Waals surface area contributed by atoms with Gasteiger partial charge in [0.05, 0.1) is 16.6 Å². The third kappa shape index (κ3) is 3.58. The van der Waals surface area contributed by atoms with Crippen LogP contribution in [-0.4, -0.2) is 25.1 Å². The van der Waals surface area contributed by atoms with E-state index in [0.29, 0.717) is 21.8 Å². The molecule has 33 heavy (non-hydrogen) atoms. The highest BCUT2D eigenvalue weighted by Gasteiger charge is 2.25. The van der Waals surface area contributed by atoms with Crippen LogP contribution in [0.1, 0.15) is 21.9 Å². The highest BCUT2D eigenvalue weighted by atomic mass is 32.2. The van der Waals surface area contributed by atoms with E-state index in [2.05, 4.69) is 10.2 Å². The predicted octanol–water partition coefficient (Wildman–Crippen LogP) is 3.97. The van der Waals surface area contributed by atoms with Crippen LogP contribution in [0.2, 0.25) is 0 Å². The Hall–Kier alpha value is -3.91. The average molecular weight is 456 g/mol. The van der Waals surface area contributed by atoms with Crippen molar-refractivity contribution in [3.63, 3.8) is 0 Å². The number of nitrogens with two attached hydrogens (primary N) is 1. The summed E-state index contributed by atoms with van der Waals surface area (Å²) in [5.74, 6) is -0.0978. The van der Waals surface area contributed by atoms with Gasteiger partial charge in [0.1, 0.15) is 5.25 Å². The summed E-state index contributed by atoms with van der Waals surface area (Å²) < 4.78 is 3.40. The number of hydrogen-bond donors (Lipinski definition) is 1. The maximum atomic E-state index is 13.5. The van der Waals surface area contributed by atoms with Crippen LogP contribution in [0.15, 0.2) is 82.7 Å². The third-order valence-corrected chi connectivity index (χ3v) is 6.79. The van der Waals surface area contributed by atoms with Gasteiger partial charge in [-0.25, -0.2) is 4.57 Å². The number of para-hydroxylation sites is 1. The molecule has 7 nitrogen and oxygen atoms in total. The average Bonchev–Trinajstić information content (AvgIpc) is 3.23. The zero-order valence-corrected chi connectivity index (χ0v) is 18.9. The van der Waals surface area contributed by atoms with E-state index in [1.165, 1.54) is 11.8 Å². The summed E-state index contributed by atoms with van der Waals surface area (Å²) in [6.07, 6.45) is 0. The van der Waals surface area contributed by atoms with Crippen molar-refractivity contribution in [2.75, 3.05) is 0 Å². The summed E-state index contributed by atoms with van der Waals surface area (Å²) >= 11 is 1.22. The Balaban J connectivity index is 1.79.